The van der Waals surface area contributed by atoms with Crippen molar-refractivity contribution in [3.63, 3.8) is 0 Å². The summed E-state index contributed by atoms with van der Waals surface area (Å²) < 4.78 is 18.9. The molecule has 0 aliphatic rings. The molecule has 0 aromatic heterocycles. The number of amides is 1. The van der Waals surface area contributed by atoms with Crippen LogP contribution in [-0.4, -0.2) is 19.3 Å². The van der Waals surface area contributed by atoms with Crippen molar-refractivity contribution in [1.29, 1.82) is 0 Å². The monoisotopic (exact) mass is 325 g/mol. The maximum Gasteiger partial charge on any atom is 0.259 e. The third-order valence-corrected chi connectivity index (χ3v) is 3.79. The first kappa shape index (κ1) is 15.7. The lowest BCUT2D eigenvalue weighted by molar-refractivity contribution is 0.102. The summed E-state index contributed by atoms with van der Waals surface area (Å²) in [5.41, 5.74) is 0.407. The molecule has 110 valence electrons. The van der Waals surface area contributed by atoms with Crippen LogP contribution in [0.4, 0.5) is 10.1 Å². The fourth-order valence-corrected chi connectivity index (χ4v) is 2.35. The van der Waals surface area contributed by atoms with Gasteiger partial charge in [-0.1, -0.05) is 11.6 Å². The van der Waals surface area contributed by atoms with Crippen LogP contribution < -0.4 is 10.1 Å². The van der Waals surface area contributed by atoms with Gasteiger partial charge in [-0.05, 0) is 42.7 Å². The highest BCUT2D eigenvalue weighted by atomic mass is 35.5. The van der Waals surface area contributed by atoms with E-state index in [1.807, 2.05) is 6.26 Å². The van der Waals surface area contributed by atoms with Gasteiger partial charge in [-0.25, -0.2) is 4.39 Å². The van der Waals surface area contributed by atoms with E-state index in [-0.39, 0.29) is 10.7 Å². The number of halogens is 2. The standard InChI is InChI=1S/C15H13ClFNO2S/c1-20-14-8-10(21-2)4-5-11(14)15(19)18-13-6-3-9(16)7-12(13)17/h3-8H,1-2H3,(H,18,19). The van der Waals surface area contributed by atoms with Gasteiger partial charge in [-0.15, -0.1) is 11.8 Å². The largest absolute Gasteiger partial charge is 0.496 e. The minimum absolute atomic E-state index is 0.0698. The SMILES string of the molecule is COc1cc(SC)ccc1C(=O)Nc1ccc(Cl)cc1F. The summed E-state index contributed by atoms with van der Waals surface area (Å²) in [5, 5.41) is 2.78. The second kappa shape index (κ2) is 6.83. The molecule has 0 saturated heterocycles. The van der Waals surface area contributed by atoms with Crippen LogP contribution in [0.15, 0.2) is 41.3 Å². The minimum Gasteiger partial charge on any atom is -0.496 e. The molecule has 2 rings (SSSR count). The van der Waals surface area contributed by atoms with Crippen LogP contribution in [-0.2, 0) is 0 Å². The molecule has 0 atom stereocenters. The van der Waals surface area contributed by atoms with Gasteiger partial charge in [0.15, 0.2) is 0 Å². The van der Waals surface area contributed by atoms with E-state index in [0.29, 0.717) is 11.3 Å². The lowest BCUT2D eigenvalue weighted by Crippen LogP contribution is -2.14. The summed E-state index contributed by atoms with van der Waals surface area (Å²) in [6.07, 6.45) is 1.93. The lowest BCUT2D eigenvalue weighted by atomic mass is 10.2. The van der Waals surface area contributed by atoms with E-state index in [2.05, 4.69) is 5.32 Å². The number of anilines is 1. The maximum absolute atomic E-state index is 13.7. The number of hydrogen-bond acceptors (Lipinski definition) is 3. The number of hydrogen-bond donors (Lipinski definition) is 1. The number of thioether (sulfide) groups is 1. The van der Waals surface area contributed by atoms with Crippen LogP contribution in [0.3, 0.4) is 0 Å². The van der Waals surface area contributed by atoms with Crippen molar-refractivity contribution in [2.45, 2.75) is 4.90 Å². The molecule has 0 heterocycles. The van der Waals surface area contributed by atoms with E-state index < -0.39 is 11.7 Å². The summed E-state index contributed by atoms with van der Waals surface area (Å²) in [6, 6.07) is 9.28. The average molecular weight is 326 g/mol. The van der Waals surface area contributed by atoms with Gasteiger partial charge in [0.2, 0.25) is 0 Å². The molecule has 0 spiro atoms. The first-order valence-corrected chi connectivity index (χ1v) is 7.64. The second-order valence-electron chi connectivity index (χ2n) is 4.14. The zero-order valence-electron chi connectivity index (χ0n) is 11.4. The number of benzene rings is 2. The van der Waals surface area contributed by atoms with Crippen LogP contribution >= 0.6 is 23.4 Å². The molecule has 0 aliphatic carbocycles. The molecule has 2 aromatic rings. The van der Waals surface area contributed by atoms with Crippen molar-refractivity contribution in [1.82, 2.24) is 0 Å². The molecular formula is C15H13ClFNO2S. The predicted octanol–water partition coefficient (Wildman–Crippen LogP) is 4.46. The van der Waals surface area contributed by atoms with Crippen LogP contribution in [0, 0.1) is 5.82 Å². The topological polar surface area (TPSA) is 38.3 Å². The van der Waals surface area contributed by atoms with Gasteiger partial charge >= 0.3 is 0 Å². The molecule has 0 bridgehead atoms. The normalized spacial score (nSPS) is 10.3. The number of rotatable bonds is 4. The maximum atomic E-state index is 13.7. The molecule has 1 amide bonds. The Hall–Kier alpha value is -1.72. The Kier molecular flexibility index (Phi) is 5.09. The highest BCUT2D eigenvalue weighted by Gasteiger charge is 2.15. The molecule has 0 fully saturated rings. The summed E-state index contributed by atoms with van der Waals surface area (Å²) >= 11 is 7.22. The fraction of sp³-hybridized carbons (Fsp3) is 0.133. The first-order valence-electron chi connectivity index (χ1n) is 6.03. The van der Waals surface area contributed by atoms with E-state index in [1.165, 1.54) is 19.2 Å². The Labute approximate surface area is 131 Å². The van der Waals surface area contributed by atoms with E-state index in [4.69, 9.17) is 16.3 Å². The Morgan fingerprint density at radius 1 is 1.29 bits per heavy atom. The summed E-state index contributed by atoms with van der Waals surface area (Å²) in [5.74, 6) is -0.593. The Morgan fingerprint density at radius 3 is 2.67 bits per heavy atom. The molecule has 6 heteroatoms. The van der Waals surface area contributed by atoms with Gasteiger partial charge in [0.25, 0.3) is 5.91 Å². The van der Waals surface area contributed by atoms with Crippen LogP contribution in [0.25, 0.3) is 0 Å². The predicted molar refractivity (Wildman–Crippen MR) is 84.1 cm³/mol. The minimum atomic E-state index is -0.587. The van der Waals surface area contributed by atoms with Crippen molar-refractivity contribution >= 4 is 35.0 Å². The summed E-state index contributed by atoms with van der Waals surface area (Å²) in [7, 11) is 1.49. The average Bonchev–Trinajstić information content (AvgIpc) is 2.49. The number of carbonyl (C=O) groups excluding carboxylic acids is 1. The van der Waals surface area contributed by atoms with Gasteiger partial charge in [0.1, 0.15) is 11.6 Å². The molecule has 0 radical (unpaired) electrons. The van der Waals surface area contributed by atoms with Gasteiger partial charge in [-0.3, -0.25) is 4.79 Å². The molecular weight excluding hydrogens is 313 g/mol. The number of nitrogens with one attached hydrogen (secondary N) is 1. The van der Waals surface area contributed by atoms with E-state index in [1.54, 1.807) is 30.0 Å². The van der Waals surface area contributed by atoms with Crippen molar-refractivity contribution in [2.75, 3.05) is 18.7 Å². The van der Waals surface area contributed by atoms with Crippen LogP contribution in [0.1, 0.15) is 10.4 Å². The highest BCUT2D eigenvalue weighted by molar-refractivity contribution is 7.98. The highest BCUT2D eigenvalue weighted by Crippen LogP contribution is 2.27. The fourth-order valence-electron chi connectivity index (χ4n) is 1.77. The number of ether oxygens (including phenoxy) is 1. The molecule has 3 nitrogen and oxygen atoms in total. The zero-order valence-corrected chi connectivity index (χ0v) is 13.0. The van der Waals surface area contributed by atoms with Crippen molar-refractivity contribution in [2.24, 2.45) is 0 Å². The first-order chi connectivity index (χ1) is 10.0. The molecule has 0 aliphatic heterocycles. The van der Waals surface area contributed by atoms with E-state index in [9.17, 15) is 9.18 Å². The van der Waals surface area contributed by atoms with Gasteiger partial charge < -0.3 is 10.1 Å². The van der Waals surface area contributed by atoms with E-state index >= 15 is 0 Å². The zero-order chi connectivity index (χ0) is 15.4. The van der Waals surface area contributed by atoms with Crippen LogP contribution in [0.5, 0.6) is 5.75 Å². The lowest BCUT2D eigenvalue weighted by Gasteiger charge is -2.11. The molecule has 1 N–H and O–H groups in total. The quantitative estimate of drug-likeness (QED) is 0.843. The van der Waals surface area contributed by atoms with Gasteiger partial charge in [0.05, 0.1) is 18.4 Å². The summed E-state index contributed by atoms with van der Waals surface area (Å²) in [4.78, 5) is 13.2. The number of methoxy groups -OCH3 is 1. The molecule has 0 saturated carbocycles. The number of carbonyl (C=O) groups is 1. The molecule has 2 aromatic carbocycles. The smallest absolute Gasteiger partial charge is 0.259 e. The Bertz CT molecular complexity index is 679. The van der Waals surface area contributed by atoms with Crippen molar-refractivity contribution < 1.29 is 13.9 Å². The van der Waals surface area contributed by atoms with Crippen molar-refractivity contribution in [3.05, 3.63) is 52.8 Å². The van der Waals surface area contributed by atoms with Gasteiger partial charge in [0, 0.05) is 9.92 Å². The Morgan fingerprint density at radius 2 is 2.05 bits per heavy atom. The van der Waals surface area contributed by atoms with Crippen LogP contribution in [0.2, 0.25) is 5.02 Å². The third-order valence-electron chi connectivity index (χ3n) is 2.83. The third kappa shape index (κ3) is 3.68. The van der Waals surface area contributed by atoms with Crippen molar-refractivity contribution in [3.8, 4) is 5.75 Å². The van der Waals surface area contributed by atoms with Gasteiger partial charge in [-0.2, -0.15) is 0 Å². The molecule has 0 unspecified atom stereocenters. The Balaban J connectivity index is 2.28. The summed E-state index contributed by atoms with van der Waals surface area (Å²) in [6.45, 7) is 0. The second-order valence-corrected chi connectivity index (χ2v) is 5.46. The van der Waals surface area contributed by atoms with E-state index in [0.717, 1.165) is 11.0 Å². The molecule has 21 heavy (non-hydrogen) atoms.